The maximum Gasteiger partial charge on any atom is 0.338 e. The number of carbonyl (C=O) groups is 2. The van der Waals surface area contributed by atoms with Gasteiger partial charge in [-0.15, -0.1) is 11.8 Å². The molecule has 0 fully saturated rings. The average Bonchev–Trinajstić information content (AvgIpc) is 2.61. The van der Waals surface area contributed by atoms with Crippen LogP contribution in [0, 0.1) is 0 Å². The predicted molar refractivity (Wildman–Crippen MR) is 106 cm³/mol. The molecule has 144 valence electrons. The van der Waals surface area contributed by atoms with E-state index in [2.05, 4.69) is 10.0 Å². The Bertz CT molecular complexity index is 941. The second-order valence-electron chi connectivity index (χ2n) is 5.45. The van der Waals surface area contributed by atoms with E-state index in [1.807, 2.05) is 6.26 Å². The lowest BCUT2D eigenvalue weighted by Crippen LogP contribution is -2.14. The summed E-state index contributed by atoms with van der Waals surface area (Å²) in [6, 6.07) is 10.4. The van der Waals surface area contributed by atoms with Crippen molar-refractivity contribution in [1.82, 2.24) is 0 Å². The Morgan fingerprint density at radius 3 is 2.33 bits per heavy atom. The Labute approximate surface area is 162 Å². The maximum absolute atomic E-state index is 12.6. The maximum atomic E-state index is 12.6. The van der Waals surface area contributed by atoms with Crippen LogP contribution < -0.4 is 10.0 Å². The van der Waals surface area contributed by atoms with Crippen LogP contribution >= 0.6 is 11.8 Å². The molecular formula is C18H20N2O5S2. The van der Waals surface area contributed by atoms with Crippen molar-refractivity contribution in [3.05, 3.63) is 48.0 Å². The Morgan fingerprint density at radius 1 is 1.11 bits per heavy atom. The number of benzene rings is 2. The summed E-state index contributed by atoms with van der Waals surface area (Å²) in [5, 5.41) is 2.63. The number of amides is 1. The molecule has 0 saturated heterocycles. The Hall–Kier alpha value is -2.52. The molecule has 2 N–H and O–H groups in total. The molecule has 1 amide bonds. The van der Waals surface area contributed by atoms with Crippen molar-refractivity contribution in [2.75, 3.05) is 22.9 Å². The first-order valence-corrected chi connectivity index (χ1v) is 10.7. The Morgan fingerprint density at radius 2 is 1.78 bits per heavy atom. The first-order valence-electron chi connectivity index (χ1n) is 8.02. The van der Waals surface area contributed by atoms with E-state index in [1.165, 1.54) is 55.1 Å². The van der Waals surface area contributed by atoms with Gasteiger partial charge in [-0.2, -0.15) is 0 Å². The summed E-state index contributed by atoms with van der Waals surface area (Å²) in [6.07, 6.45) is 1.83. The summed E-state index contributed by atoms with van der Waals surface area (Å²) < 4.78 is 32.6. The van der Waals surface area contributed by atoms with Gasteiger partial charge in [-0.25, -0.2) is 13.2 Å². The normalized spacial score (nSPS) is 10.9. The number of ether oxygens (including phenoxy) is 1. The molecule has 0 bridgehead atoms. The summed E-state index contributed by atoms with van der Waals surface area (Å²) in [7, 11) is -3.87. The molecule has 0 aliphatic rings. The number of thioether (sulfide) groups is 1. The highest BCUT2D eigenvalue weighted by atomic mass is 32.2. The molecular weight excluding hydrogens is 388 g/mol. The lowest BCUT2D eigenvalue weighted by atomic mass is 10.2. The van der Waals surface area contributed by atoms with E-state index in [0.29, 0.717) is 16.9 Å². The SMILES string of the molecule is CCOC(=O)c1ccc(NS(=O)(=O)c2ccc(SC)c(NC(C)=O)c2)cc1. The molecule has 2 aromatic rings. The second-order valence-corrected chi connectivity index (χ2v) is 7.98. The fraction of sp³-hybridized carbons (Fsp3) is 0.222. The van der Waals surface area contributed by atoms with E-state index in [1.54, 1.807) is 13.0 Å². The van der Waals surface area contributed by atoms with E-state index in [4.69, 9.17) is 4.74 Å². The van der Waals surface area contributed by atoms with E-state index >= 15 is 0 Å². The van der Waals surface area contributed by atoms with Gasteiger partial charge in [0.1, 0.15) is 0 Å². The summed E-state index contributed by atoms with van der Waals surface area (Å²) in [5.74, 6) is -0.762. The molecule has 0 atom stereocenters. The fourth-order valence-electron chi connectivity index (χ4n) is 2.24. The van der Waals surface area contributed by atoms with Gasteiger partial charge in [0.15, 0.2) is 0 Å². The topological polar surface area (TPSA) is 102 Å². The number of hydrogen-bond acceptors (Lipinski definition) is 6. The van der Waals surface area contributed by atoms with Crippen LogP contribution in [-0.2, 0) is 19.6 Å². The number of anilines is 2. The van der Waals surface area contributed by atoms with Crippen molar-refractivity contribution in [2.24, 2.45) is 0 Å². The van der Waals surface area contributed by atoms with Crippen LogP contribution in [0.2, 0.25) is 0 Å². The first-order chi connectivity index (χ1) is 12.8. The van der Waals surface area contributed by atoms with Crippen molar-refractivity contribution in [1.29, 1.82) is 0 Å². The third-order valence-electron chi connectivity index (χ3n) is 3.44. The van der Waals surface area contributed by atoms with Crippen LogP contribution in [0.15, 0.2) is 52.3 Å². The van der Waals surface area contributed by atoms with Crippen molar-refractivity contribution in [3.8, 4) is 0 Å². The van der Waals surface area contributed by atoms with Crippen LogP contribution in [0.3, 0.4) is 0 Å². The highest BCUT2D eigenvalue weighted by molar-refractivity contribution is 7.98. The molecule has 2 aromatic carbocycles. The molecule has 0 aliphatic heterocycles. The largest absolute Gasteiger partial charge is 0.462 e. The van der Waals surface area contributed by atoms with Crippen LogP contribution in [0.4, 0.5) is 11.4 Å². The third-order valence-corrected chi connectivity index (χ3v) is 5.61. The number of esters is 1. The molecule has 27 heavy (non-hydrogen) atoms. The van der Waals surface area contributed by atoms with Gasteiger partial charge in [-0.3, -0.25) is 9.52 Å². The summed E-state index contributed by atoms with van der Waals surface area (Å²) >= 11 is 1.40. The highest BCUT2D eigenvalue weighted by Gasteiger charge is 2.17. The predicted octanol–water partition coefficient (Wildman–Crippen LogP) is 3.34. The van der Waals surface area contributed by atoms with Crippen LogP contribution in [0.1, 0.15) is 24.2 Å². The molecule has 2 rings (SSSR count). The molecule has 0 radical (unpaired) electrons. The van der Waals surface area contributed by atoms with Gasteiger partial charge in [0.05, 0.1) is 22.8 Å². The molecule has 0 aliphatic carbocycles. The monoisotopic (exact) mass is 408 g/mol. The van der Waals surface area contributed by atoms with Crippen LogP contribution in [0.5, 0.6) is 0 Å². The quantitative estimate of drug-likeness (QED) is 0.538. The molecule has 0 aromatic heterocycles. The molecule has 0 heterocycles. The lowest BCUT2D eigenvalue weighted by Gasteiger charge is -2.12. The number of rotatable bonds is 7. The number of hydrogen-bond donors (Lipinski definition) is 2. The van der Waals surface area contributed by atoms with Gasteiger partial charge in [0, 0.05) is 17.5 Å². The van der Waals surface area contributed by atoms with E-state index in [-0.39, 0.29) is 17.4 Å². The minimum absolute atomic E-state index is 0.0125. The van der Waals surface area contributed by atoms with Crippen molar-refractivity contribution >= 4 is 45.0 Å². The fourth-order valence-corrected chi connectivity index (χ4v) is 3.86. The summed E-state index contributed by atoms with van der Waals surface area (Å²) in [5.41, 5.74) is 1.06. The van der Waals surface area contributed by atoms with Crippen molar-refractivity contribution in [2.45, 2.75) is 23.6 Å². The molecule has 0 spiro atoms. The summed E-state index contributed by atoms with van der Waals surface area (Å²) in [4.78, 5) is 23.8. The van der Waals surface area contributed by atoms with E-state index in [9.17, 15) is 18.0 Å². The van der Waals surface area contributed by atoms with Gasteiger partial charge in [0.25, 0.3) is 10.0 Å². The summed E-state index contributed by atoms with van der Waals surface area (Å²) in [6.45, 7) is 3.32. The van der Waals surface area contributed by atoms with Gasteiger partial charge >= 0.3 is 5.97 Å². The Balaban J connectivity index is 2.25. The van der Waals surface area contributed by atoms with Crippen molar-refractivity contribution in [3.63, 3.8) is 0 Å². The molecule has 0 unspecified atom stereocenters. The van der Waals surface area contributed by atoms with E-state index < -0.39 is 16.0 Å². The van der Waals surface area contributed by atoms with Crippen LogP contribution in [0.25, 0.3) is 0 Å². The van der Waals surface area contributed by atoms with Gasteiger partial charge < -0.3 is 10.1 Å². The van der Waals surface area contributed by atoms with Crippen LogP contribution in [-0.4, -0.2) is 33.2 Å². The smallest absolute Gasteiger partial charge is 0.338 e. The number of nitrogens with one attached hydrogen (secondary N) is 2. The standard InChI is InChI=1S/C18H20N2O5S2/c1-4-25-18(22)13-5-7-14(8-6-13)20-27(23,24)15-9-10-17(26-3)16(11-15)19-12(2)21/h5-11,20H,4H2,1-3H3,(H,19,21). The van der Waals surface area contributed by atoms with Crippen molar-refractivity contribution < 1.29 is 22.7 Å². The number of carbonyl (C=O) groups excluding carboxylic acids is 2. The molecule has 9 heteroatoms. The highest BCUT2D eigenvalue weighted by Crippen LogP contribution is 2.29. The van der Waals surface area contributed by atoms with Gasteiger partial charge in [-0.05, 0) is 55.6 Å². The van der Waals surface area contributed by atoms with Gasteiger partial charge in [-0.1, -0.05) is 0 Å². The van der Waals surface area contributed by atoms with Gasteiger partial charge in [0.2, 0.25) is 5.91 Å². The molecule has 0 saturated carbocycles. The zero-order chi connectivity index (χ0) is 20.0. The second kappa shape index (κ2) is 8.92. The average molecular weight is 409 g/mol. The third kappa shape index (κ3) is 5.48. The Kier molecular flexibility index (Phi) is 6.86. The molecule has 7 nitrogen and oxygen atoms in total. The zero-order valence-electron chi connectivity index (χ0n) is 15.1. The first kappa shape index (κ1) is 20.8. The zero-order valence-corrected chi connectivity index (χ0v) is 16.7. The lowest BCUT2D eigenvalue weighted by molar-refractivity contribution is -0.114. The minimum atomic E-state index is -3.87. The number of sulfonamides is 1. The van der Waals surface area contributed by atoms with E-state index in [0.717, 1.165) is 4.90 Å². The minimum Gasteiger partial charge on any atom is -0.462 e.